The van der Waals surface area contributed by atoms with Crippen molar-refractivity contribution in [1.29, 1.82) is 0 Å². The highest BCUT2D eigenvalue weighted by Crippen LogP contribution is 2.17. The maximum absolute atomic E-state index is 5.77. The highest BCUT2D eigenvalue weighted by molar-refractivity contribution is 4.96. The second kappa shape index (κ2) is 3.53. The number of methoxy groups -OCH3 is 1. The normalized spacial score (nSPS) is 13.4. The fourth-order valence-electron chi connectivity index (χ4n) is 0.737. The van der Waals surface area contributed by atoms with Gasteiger partial charge in [0.05, 0.1) is 13.2 Å². The maximum Gasteiger partial charge on any atom is 0.417 e. The molecule has 5 heteroatoms. The minimum absolute atomic E-state index is 0.154. The number of aromatic nitrogens is 2. The molecule has 0 aliphatic heterocycles. The first kappa shape index (κ1) is 8.99. The van der Waals surface area contributed by atoms with Crippen LogP contribution in [0.15, 0.2) is 4.52 Å². The third-order valence-corrected chi connectivity index (χ3v) is 1.61. The lowest BCUT2D eigenvalue weighted by Gasteiger charge is -2.09. The largest absolute Gasteiger partial charge is 0.452 e. The summed E-state index contributed by atoms with van der Waals surface area (Å²) in [4.78, 5) is 3.92. The van der Waals surface area contributed by atoms with Crippen molar-refractivity contribution in [2.45, 2.75) is 19.9 Å². The van der Waals surface area contributed by atoms with E-state index < -0.39 is 0 Å². The van der Waals surface area contributed by atoms with E-state index in [9.17, 15) is 0 Å². The second-order valence-corrected chi connectivity index (χ2v) is 2.89. The van der Waals surface area contributed by atoms with E-state index in [0.717, 1.165) is 0 Å². The van der Waals surface area contributed by atoms with Gasteiger partial charge in [0.2, 0.25) is 0 Å². The van der Waals surface area contributed by atoms with E-state index in [1.165, 1.54) is 7.11 Å². The minimum atomic E-state index is -0.197. The molecular weight excluding hydrogens is 158 g/mol. The molecule has 0 saturated heterocycles. The first-order valence-electron chi connectivity index (χ1n) is 3.78. The number of nitrogens with zero attached hydrogens (tertiary/aromatic N) is 2. The molecule has 5 nitrogen and oxygen atoms in total. The molecule has 1 aromatic rings. The third-order valence-electron chi connectivity index (χ3n) is 1.61. The number of hydrogen-bond donors (Lipinski definition) is 1. The monoisotopic (exact) mass is 171 g/mol. The quantitative estimate of drug-likeness (QED) is 0.725. The summed E-state index contributed by atoms with van der Waals surface area (Å²) in [6.45, 7) is 3.99. The van der Waals surface area contributed by atoms with Crippen LogP contribution in [0.2, 0.25) is 0 Å². The zero-order valence-corrected chi connectivity index (χ0v) is 7.44. The minimum Gasteiger partial charge on any atom is -0.452 e. The van der Waals surface area contributed by atoms with E-state index >= 15 is 0 Å². The average molecular weight is 171 g/mol. The van der Waals surface area contributed by atoms with Gasteiger partial charge >= 0.3 is 6.08 Å². The van der Waals surface area contributed by atoms with Gasteiger partial charge in [-0.3, -0.25) is 4.52 Å². The average Bonchev–Trinajstić information content (AvgIpc) is 2.50. The Labute approximate surface area is 70.9 Å². The van der Waals surface area contributed by atoms with Gasteiger partial charge in [0.1, 0.15) is 0 Å². The molecule has 0 aliphatic rings. The van der Waals surface area contributed by atoms with Crippen LogP contribution in [0.1, 0.15) is 25.7 Å². The summed E-state index contributed by atoms with van der Waals surface area (Å²) in [6.07, 6.45) is 0.154. The standard InChI is InChI=1S/C7H13N3O2/c1-4(2)5(8)6-9-7(11-3)12-10-6/h4-5H,8H2,1-3H3. The smallest absolute Gasteiger partial charge is 0.417 e. The highest BCUT2D eigenvalue weighted by Gasteiger charge is 2.17. The third kappa shape index (κ3) is 1.73. The summed E-state index contributed by atoms with van der Waals surface area (Å²) < 4.78 is 9.45. The summed E-state index contributed by atoms with van der Waals surface area (Å²) in [6, 6.07) is -0.197. The predicted octanol–water partition coefficient (Wildman–Crippen LogP) is 0.734. The van der Waals surface area contributed by atoms with E-state index in [2.05, 4.69) is 10.1 Å². The van der Waals surface area contributed by atoms with Crippen LogP contribution >= 0.6 is 0 Å². The Hall–Kier alpha value is -1.10. The molecule has 2 N–H and O–H groups in total. The molecule has 0 saturated carbocycles. The van der Waals surface area contributed by atoms with Crippen molar-refractivity contribution in [2.24, 2.45) is 11.7 Å². The Kier molecular flexibility index (Phi) is 2.65. The van der Waals surface area contributed by atoms with Crippen LogP contribution < -0.4 is 10.5 Å². The van der Waals surface area contributed by atoms with E-state index in [1.807, 2.05) is 13.8 Å². The summed E-state index contributed by atoms with van der Waals surface area (Å²) in [7, 11) is 1.47. The van der Waals surface area contributed by atoms with Gasteiger partial charge in [0.25, 0.3) is 0 Å². The molecule has 68 valence electrons. The van der Waals surface area contributed by atoms with Crippen LogP contribution in [-0.4, -0.2) is 17.3 Å². The van der Waals surface area contributed by atoms with Crippen molar-refractivity contribution in [3.05, 3.63) is 5.82 Å². The van der Waals surface area contributed by atoms with Crippen LogP contribution in [0.3, 0.4) is 0 Å². The molecule has 0 spiro atoms. The Morgan fingerprint density at radius 1 is 1.50 bits per heavy atom. The van der Waals surface area contributed by atoms with Gasteiger partial charge in [-0.1, -0.05) is 19.0 Å². The van der Waals surface area contributed by atoms with Crippen molar-refractivity contribution in [1.82, 2.24) is 10.1 Å². The molecule has 1 heterocycles. The van der Waals surface area contributed by atoms with Gasteiger partial charge in [0, 0.05) is 0 Å². The molecule has 0 amide bonds. The molecule has 1 unspecified atom stereocenters. The van der Waals surface area contributed by atoms with Gasteiger partial charge in [0.15, 0.2) is 5.82 Å². The number of nitrogens with two attached hydrogens (primary N) is 1. The summed E-state index contributed by atoms with van der Waals surface area (Å²) >= 11 is 0. The van der Waals surface area contributed by atoms with E-state index in [4.69, 9.17) is 15.0 Å². The van der Waals surface area contributed by atoms with Gasteiger partial charge in [-0.05, 0) is 5.92 Å². The molecule has 0 aliphatic carbocycles. The van der Waals surface area contributed by atoms with Gasteiger partial charge < -0.3 is 10.5 Å². The molecule has 0 aromatic carbocycles. The van der Waals surface area contributed by atoms with Gasteiger partial charge in [-0.2, -0.15) is 4.98 Å². The zero-order chi connectivity index (χ0) is 9.14. The van der Waals surface area contributed by atoms with E-state index in [-0.39, 0.29) is 18.0 Å². The molecule has 1 aromatic heterocycles. The summed E-state index contributed by atoms with van der Waals surface area (Å²) in [5, 5.41) is 3.67. The number of rotatable bonds is 3. The first-order chi connectivity index (χ1) is 5.65. The molecule has 0 bridgehead atoms. The van der Waals surface area contributed by atoms with Crippen LogP contribution in [0.5, 0.6) is 6.08 Å². The molecular formula is C7H13N3O2. The van der Waals surface area contributed by atoms with Gasteiger partial charge in [-0.15, -0.1) is 0 Å². The highest BCUT2D eigenvalue weighted by atomic mass is 16.6. The molecule has 1 rings (SSSR count). The Morgan fingerprint density at radius 3 is 2.58 bits per heavy atom. The maximum atomic E-state index is 5.77. The molecule has 0 radical (unpaired) electrons. The van der Waals surface area contributed by atoms with Crippen LogP contribution in [-0.2, 0) is 0 Å². The topological polar surface area (TPSA) is 74.2 Å². The Balaban J connectivity index is 2.74. The summed E-state index contributed by atoms with van der Waals surface area (Å²) in [5.74, 6) is 0.772. The lowest BCUT2D eigenvalue weighted by Crippen LogP contribution is -2.18. The predicted molar refractivity (Wildman–Crippen MR) is 42.6 cm³/mol. The lowest BCUT2D eigenvalue weighted by molar-refractivity contribution is 0.249. The summed E-state index contributed by atoms with van der Waals surface area (Å²) in [5.41, 5.74) is 5.77. The fourth-order valence-corrected chi connectivity index (χ4v) is 0.737. The molecule has 0 fully saturated rings. The number of ether oxygens (including phenoxy) is 1. The Bertz CT molecular complexity index is 247. The van der Waals surface area contributed by atoms with Gasteiger partial charge in [-0.25, -0.2) is 0 Å². The van der Waals surface area contributed by atoms with Crippen molar-refractivity contribution in [3.8, 4) is 6.08 Å². The van der Waals surface area contributed by atoms with E-state index in [1.54, 1.807) is 0 Å². The fraction of sp³-hybridized carbons (Fsp3) is 0.714. The SMILES string of the molecule is COc1nc(C(N)C(C)C)no1. The van der Waals surface area contributed by atoms with Crippen LogP contribution in [0.25, 0.3) is 0 Å². The number of hydrogen-bond acceptors (Lipinski definition) is 5. The lowest BCUT2D eigenvalue weighted by atomic mass is 10.1. The zero-order valence-electron chi connectivity index (χ0n) is 7.44. The first-order valence-corrected chi connectivity index (χ1v) is 3.78. The van der Waals surface area contributed by atoms with Crippen LogP contribution in [0.4, 0.5) is 0 Å². The van der Waals surface area contributed by atoms with Crippen molar-refractivity contribution >= 4 is 0 Å². The molecule has 12 heavy (non-hydrogen) atoms. The second-order valence-electron chi connectivity index (χ2n) is 2.89. The van der Waals surface area contributed by atoms with Crippen molar-refractivity contribution in [2.75, 3.05) is 7.11 Å². The van der Waals surface area contributed by atoms with E-state index in [0.29, 0.717) is 5.82 Å². The van der Waals surface area contributed by atoms with Crippen LogP contribution in [0, 0.1) is 5.92 Å². The van der Waals surface area contributed by atoms with Crippen molar-refractivity contribution < 1.29 is 9.26 Å². The molecule has 1 atom stereocenters. The van der Waals surface area contributed by atoms with Crippen molar-refractivity contribution in [3.63, 3.8) is 0 Å². The Morgan fingerprint density at radius 2 is 2.17 bits per heavy atom.